The number of ether oxygens (including phenoxy) is 1. The molecule has 0 aliphatic heterocycles. The van der Waals surface area contributed by atoms with Gasteiger partial charge in [-0.15, -0.1) is 0 Å². The summed E-state index contributed by atoms with van der Waals surface area (Å²) in [6.45, 7) is 2.59. The number of H-pyrrole nitrogens is 1. The topological polar surface area (TPSA) is 47.0 Å². The molecule has 0 fully saturated rings. The number of fused-ring (bicyclic) bond motifs is 1. The van der Waals surface area contributed by atoms with E-state index in [0.717, 1.165) is 16.8 Å². The summed E-state index contributed by atoms with van der Waals surface area (Å²) in [4.78, 5) is 3.14. The molecule has 0 saturated heterocycles. The van der Waals surface area contributed by atoms with Crippen LogP contribution in [0, 0.1) is 4.77 Å². The summed E-state index contributed by atoms with van der Waals surface area (Å²) in [5.74, 6) is 0.766. The second kappa shape index (κ2) is 5.24. The summed E-state index contributed by atoms with van der Waals surface area (Å²) in [6, 6.07) is 5.79. The first-order valence-electron chi connectivity index (χ1n) is 5.62. The maximum Gasteiger partial charge on any atom is 0.178 e. The zero-order valence-electron chi connectivity index (χ0n) is 10.6. The van der Waals surface area contributed by atoms with Gasteiger partial charge in [0.05, 0.1) is 12.6 Å². The van der Waals surface area contributed by atoms with Gasteiger partial charge in [-0.2, -0.15) is 0 Å². The normalized spacial score (nSPS) is 14.6. The Bertz CT molecular complexity index is 645. The number of nitrogens with one attached hydrogen (secondary N) is 1. The first kappa shape index (κ1) is 13.3. The highest BCUT2D eigenvalue weighted by Crippen LogP contribution is 2.24. The number of aromatic amines is 1. The van der Waals surface area contributed by atoms with Gasteiger partial charge in [-0.3, -0.25) is 4.21 Å². The van der Waals surface area contributed by atoms with E-state index >= 15 is 0 Å². The molecule has 1 N–H and O–H groups in total. The third kappa shape index (κ3) is 2.35. The standard InChI is InChI=1S/C12H16N2O2S2/c1-8(18(3)15)7-14-9-5-4-6-10(16-2)11(9)13-12(14)17/h4-6,8H,7H2,1-3H3,(H,13,17). The van der Waals surface area contributed by atoms with Crippen LogP contribution in [-0.4, -0.2) is 32.4 Å². The molecule has 0 amide bonds. The molecule has 1 heterocycles. The van der Waals surface area contributed by atoms with Gasteiger partial charge in [0.15, 0.2) is 4.77 Å². The van der Waals surface area contributed by atoms with Crippen LogP contribution in [0.4, 0.5) is 0 Å². The molecule has 2 unspecified atom stereocenters. The number of para-hydroxylation sites is 1. The molecule has 0 saturated carbocycles. The van der Waals surface area contributed by atoms with Gasteiger partial charge >= 0.3 is 0 Å². The van der Waals surface area contributed by atoms with E-state index in [4.69, 9.17) is 17.0 Å². The number of rotatable bonds is 4. The van der Waals surface area contributed by atoms with E-state index in [0.29, 0.717) is 11.3 Å². The van der Waals surface area contributed by atoms with Crippen molar-refractivity contribution in [3.05, 3.63) is 23.0 Å². The van der Waals surface area contributed by atoms with Crippen molar-refractivity contribution in [1.82, 2.24) is 9.55 Å². The van der Waals surface area contributed by atoms with Crippen molar-refractivity contribution < 1.29 is 8.95 Å². The molecule has 0 aliphatic rings. The molecule has 2 aromatic rings. The molecule has 4 nitrogen and oxygen atoms in total. The third-order valence-corrected chi connectivity index (χ3v) is 4.60. The lowest BCUT2D eigenvalue weighted by Crippen LogP contribution is -2.17. The molecule has 1 aromatic carbocycles. The van der Waals surface area contributed by atoms with E-state index in [1.165, 1.54) is 0 Å². The summed E-state index contributed by atoms with van der Waals surface area (Å²) in [6.07, 6.45) is 1.71. The van der Waals surface area contributed by atoms with E-state index in [1.54, 1.807) is 13.4 Å². The zero-order valence-corrected chi connectivity index (χ0v) is 12.2. The quantitative estimate of drug-likeness (QED) is 0.877. The minimum Gasteiger partial charge on any atom is -0.494 e. The van der Waals surface area contributed by atoms with Crippen molar-refractivity contribution in [2.75, 3.05) is 13.4 Å². The predicted molar refractivity (Wildman–Crippen MR) is 77.2 cm³/mol. The summed E-state index contributed by atoms with van der Waals surface area (Å²) >= 11 is 5.32. The molecule has 18 heavy (non-hydrogen) atoms. The van der Waals surface area contributed by atoms with Crippen LogP contribution in [0.3, 0.4) is 0 Å². The number of imidazole rings is 1. The van der Waals surface area contributed by atoms with Crippen molar-refractivity contribution in [1.29, 1.82) is 0 Å². The van der Waals surface area contributed by atoms with Crippen molar-refractivity contribution >= 4 is 34.1 Å². The molecule has 0 bridgehead atoms. The second-order valence-electron chi connectivity index (χ2n) is 4.20. The Morgan fingerprint density at radius 2 is 2.28 bits per heavy atom. The summed E-state index contributed by atoms with van der Waals surface area (Å²) in [5, 5.41) is 0.0573. The number of methoxy groups -OCH3 is 1. The van der Waals surface area contributed by atoms with Gasteiger partial charge in [-0.25, -0.2) is 0 Å². The number of nitrogens with zero attached hydrogens (tertiary/aromatic N) is 1. The minimum absolute atomic E-state index is 0.0573. The molecule has 0 radical (unpaired) electrons. The average molecular weight is 284 g/mol. The van der Waals surface area contributed by atoms with Gasteiger partial charge < -0.3 is 14.3 Å². The van der Waals surface area contributed by atoms with Gasteiger partial charge in [-0.05, 0) is 31.3 Å². The molecule has 0 spiro atoms. The fraction of sp³-hybridized carbons (Fsp3) is 0.417. The Morgan fingerprint density at radius 1 is 1.56 bits per heavy atom. The molecule has 98 valence electrons. The Hall–Kier alpha value is -1.14. The van der Waals surface area contributed by atoms with Crippen LogP contribution in [0.5, 0.6) is 5.75 Å². The van der Waals surface area contributed by atoms with E-state index < -0.39 is 10.8 Å². The molecular weight excluding hydrogens is 268 g/mol. The van der Waals surface area contributed by atoms with Crippen LogP contribution in [0.1, 0.15) is 6.92 Å². The van der Waals surface area contributed by atoms with Crippen molar-refractivity contribution in [3.8, 4) is 5.75 Å². The Kier molecular flexibility index (Phi) is 3.87. The number of benzene rings is 1. The molecular formula is C12H16N2O2S2. The lowest BCUT2D eigenvalue weighted by Gasteiger charge is -2.10. The third-order valence-electron chi connectivity index (χ3n) is 3.00. The largest absolute Gasteiger partial charge is 0.494 e. The van der Waals surface area contributed by atoms with Crippen LogP contribution in [0.25, 0.3) is 11.0 Å². The average Bonchev–Trinajstić information content (AvgIpc) is 2.65. The highest BCUT2D eigenvalue weighted by molar-refractivity contribution is 7.84. The Labute approximate surface area is 113 Å². The van der Waals surface area contributed by atoms with Crippen LogP contribution in [0.15, 0.2) is 18.2 Å². The van der Waals surface area contributed by atoms with E-state index in [9.17, 15) is 4.21 Å². The fourth-order valence-electron chi connectivity index (χ4n) is 1.87. The van der Waals surface area contributed by atoms with E-state index in [-0.39, 0.29) is 5.25 Å². The smallest absolute Gasteiger partial charge is 0.178 e. The van der Waals surface area contributed by atoms with Gasteiger partial charge in [0.25, 0.3) is 0 Å². The van der Waals surface area contributed by atoms with Gasteiger partial charge in [-0.1, -0.05) is 6.07 Å². The monoisotopic (exact) mass is 284 g/mol. The van der Waals surface area contributed by atoms with Gasteiger partial charge in [0, 0.05) is 28.9 Å². The Balaban J connectivity index is 2.55. The maximum atomic E-state index is 11.5. The zero-order chi connectivity index (χ0) is 13.3. The minimum atomic E-state index is -0.866. The van der Waals surface area contributed by atoms with Crippen LogP contribution in [0.2, 0.25) is 0 Å². The molecule has 1 aromatic heterocycles. The Morgan fingerprint density at radius 3 is 2.89 bits per heavy atom. The van der Waals surface area contributed by atoms with Crippen LogP contribution in [-0.2, 0) is 17.3 Å². The van der Waals surface area contributed by atoms with E-state index in [2.05, 4.69) is 4.98 Å². The number of aromatic nitrogens is 2. The predicted octanol–water partition coefficient (Wildman–Crippen LogP) is 2.47. The van der Waals surface area contributed by atoms with Crippen molar-refractivity contribution in [3.63, 3.8) is 0 Å². The molecule has 0 aliphatic carbocycles. The van der Waals surface area contributed by atoms with Crippen molar-refractivity contribution in [2.24, 2.45) is 0 Å². The maximum absolute atomic E-state index is 11.5. The summed E-state index contributed by atoms with van der Waals surface area (Å²) in [7, 11) is 0.766. The molecule has 2 rings (SSSR count). The van der Waals surface area contributed by atoms with Crippen molar-refractivity contribution in [2.45, 2.75) is 18.7 Å². The SMILES string of the molecule is COc1cccc2c1[nH]c(=S)n2CC(C)S(C)=O. The highest BCUT2D eigenvalue weighted by atomic mass is 32.2. The number of hydrogen-bond donors (Lipinski definition) is 1. The van der Waals surface area contributed by atoms with E-state index in [1.807, 2.05) is 29.7 Å². The second-order valence-corrected chi connectivity index (χ2v) is 6.39. The lowest BCUT2D eigenvalue weighted by molar-refractivity contribution is 0.419. The summed E-state index contributed by atoms with van der Waals surface area (Å²) in [5.41, 5.74) is 1.87. The first-order valence-corrected chi connectivity index (χ1v) is 7.65. The van der Waals surface area contributed by atoms with Gasteiger partial charge in [0.2, 0.25) is 0 Å². The molecule has 6 heteroatoms. The molecule has 2 atom stereocenters. The van der Waals surface area contributed by atoms with Crippen LogP contribution < -0.4 is 4.74 Å². The van der Waals surface area contributed by atoms with Gasteiger partial charge in [0.1, 0.15) is 11.3 Å². The fourth-order valence-corrected chi connectivity index (χ4v) is 2.50. The van der Waals surface area contributed by atoms with Crippen LogP contribution >= 0.6 is 12.2 Å². The summed E-state index contributed by atoms with van der Waals surface area (Å²) < 4.78 is 19.4. The number of hydrogen-bond acceptors (Lipinski definition) is 3. The lowest BCUT2D eigenvalue weighted by atomic mass is 10.3. The first-order chi connectivity index (χ1) is 8.54. The highest BCUT2D eigenvalue weighted by Gasteiger charge is 2.13.